The lowest BCUT2D eigenvalue weighted by atomic mass is 10.1. The van der Waals surface area contributed by atoms with Crippen molar-refractivity contribution in [2.45, 2.75) is 44.7 Å². The minimum atomic E-state index is -0.0115. The molecule has 0 radical (unpaired) electrons. The summed E-state index contributed by atoms with van der Waals surface area (Å²) in [5, 5.41) is 9.66. The standard InChI is InChI=1S/C20H39N7O2/c1-5-27-10-6-7-17(27)13-22-20(23-14-19(29)25(3)4)24-16-8-11-26(12-9-16)15-18(28)21-2/h16-17H,5-15H2,1-4H3,(H,21,28)(H2,22,23,24). The summed E-state index contributed by atoms with van der Waals surface area (Å²) >= 11 is 0. The SMILES string of the molecule is CCN1CCCC1CNC(=NCC(=O)N(C)C)NC1CCN(CC(=O)NC)CC1. The fraction of sp³-hybridized carbons (Fsp3) is 0.850. The Balaban J connectivity index is 1.88. The Labute approximate surface area is 175 Å². The molecule has 2 aliphatic heterocycles. The summed E-state index contributed by atoms with van der Waals surface area (Å²) in [5.41, 5.74) is 0. The molecule has 166 valence electrons. The zero-order chi connectivity index (χ0) is 21.2. The minimum absolute atomic E-state index is 0.0115. The van der Waals surface area contributed by atoms with E-state index in [-0.39, 0.29) is 18.4 Å². The first-order valence-corrected chi connectivity index (χ1v) is 10.8. The normalized spacial score (nSPS) is 21.8. The first-order valence-electron chi connectivity index (χ1n) is 10.8. The molecule has 2 amide bonds. The molecule has 0 spiro atoms. The molecule has 9 nitrogen and oxygen atoms in total. The molecule has 2 heterocycles. The summed E-state index contributed by atoms with van der Waals surface area (Å²) in [7, 11) is 5.17. The van der Waals surface area contributed by atoms with Crippen LogP contribution in [0.25, 0.3) is 0 Å². The van der Waals surface area contributed by atoms with Crippen molar-refractivity contribution >= 4 is 17.8 Å². The van der Waals surface area contributed by atoms with Crippen LogP contribution >= 0.6 is 0 Å². The highest BCUT2D eigenvalue weighted by Gasteiger charge is 2.24. The Hall–Kier alpha value is -1.87. The van der Waals surface area contributed by atoms with Gasteiger partial charge in [-0.1, -0.05) is 6.92 Å². The highest BCUT2D eigenvalue weighted by atomic mass is 16.2. The Morgan fingerprint density at radius 2 is 1.86 bits per heavy atom. The molecule has 0 saturated carbocycles. The maximum absolute atomic E-state index is 12.0. The molecule has 2 saturated heterocycles. The number of aliphatic imine (C=N–C) groups is 1. The second-order valence-corrected chi connectivity index (χ2v) is 8.13. The lowest BCUT2D eigenvalue weighted by Gasteiger charge is -2.33. The fourth-order valence-corrected chi connectivity index (χ4v) is 3.91. The third-order valence-electron chi connectivity index (χ3n) is 5.86. The van der Waals surface area contributed by atoms with Crippen LogP contribution in [0, 0.1) is 0 Å². The Bertz CT molecular complexity index is 559. The van der Waals surface area contributed by atoms with E-state index >= 15 is 0 Å². The minimum Gasteiger partial charge on any atom is -0.358 e. The highest BCUT2D eigenvalue weighted by molar-refractivity contribution is 5.85. The predicted molar refractivity (Wildman–Crippen MR) is 116 cm³/mol. The molecule has 2 aliphatic rings. The zero-order valence-electron chi connectivity index (χ0n) is 18.5. The first-order chi connectivity index (χ1) is 13.9. The van der Waals surface area contributed by atoms with Crippen LogP contribution in [0.15, 0.2) is 4.99 Å². The van der Waals surface area contributed by atoms with E-state index in [1.807, 2.05) is 0 Å². The van der Waals surface area contributed by atoms with Crippen molar-refractivity contribution in [3.05, 3.63) is 0 Å². The van der Waals surface area contributed by atoms with Crippen LogP contribution in [-0.2, 0) is 9.59 Å². The van der Waals surface area contributed by atoms with Gasteiger partial charge in [-0.05, 0) is 38.8 Å². The molecule has 9 heteroatoms. The summed E-state index contributed by atoms with van der Waals surface area (Å²) in [5.74, 6) is 0.759. The number of nitrogens with one attached hydrogen (secondary N) is 3. The van der Waals surface area contributed by atoms with E-state index in [1.54, 1.807) is 26.0 Å². The number of guanidine groups is 1. The number of likely N-dealkylation sites (tertiary alicyclic amines) is 2. The van der Waals surface area contributed by atoms with Crippen LogP contribution in [0.5, 0.6) is 0 Å². The third-order valence-corrected chi connectivity index (χ3v) is 5.86. The summed E-state index contributed by atoms with van der Waals surface area (Å²) in [6, 6.07) is 0.813. The van der Waals surface area contributed by atoms with Crippen LogP contribution in [-0.4, -0.2) is 112 Å². The zero-order valence-corrected chi connectivity index (χ0v) is 18.5. The molecule has 2 rings (SSSR count). The van der Waals surface area contributed by atoms with Gasteiger partial charge in [0.25, 0.3) is 0 Å². The van der Waals surface area contributed by atoms with Gasteiger partial charge < -0.3 is 20.9 Å². The molecule has 1 atom stereocenters. The van der Waals surface area contributed by atoms with Gasteiger partial charge in [0, 0.05) is 52.9 Å². The maximum Gasteiger partial charge on any atom is 0.243 e. The van der Waals surface area contributed by atoms with Gasteiger partial charge in [-0.2, -0.15) is 0 Å². The van der Waals surface area contributed by atoms with E-state index < -0.39 is 0 Å². The van der Waals surface area contributed by atoms with Gasteiger partial charge in [0.1, 0.15) is 6.54 Å². The highest BCUT2D eigenvalue weighted by Crippen LogP contribution is 2.15. The average molecular weight is 410 g/mol. The number of piperidine rings is 1. The van der Waals surface area contributed by atoms with Gasteiger partial charge in [-0.25, -0.2) is 4.99 Å². The molecule has 3 N–H and O–H groups in total. The number of nitrogens with zero attached hydrogens (tertiary/aromatic N) is 4. The first kappa shape index (κ1) is 23.4. The van der Waals surface area contributed by atoms with E-state index in [2.05, 4.69) is 37.7 Å². The van der Waals surface area contributed by atoms with E-state index in [9.17, 15) is 9.59 Å². The van der Waals surface area contributed by atoms with E-state index in [4.69, 9.17) is 0 Å². The topological polar surface area (TPSA) is 92.3 Å². The molecular weight excluding hydrogens is 370 g/mol. The Kier molecular flexibility index (Phi) is 9.66. The largest absolute Gasteiger partial charge is 0.358 e. The molecule has 0 aromatic carbocycles. The van der Waals surface area contributed by atoms with Crippen molar-refractivity contribution in [1.82, 2.24) is 30.7 Å². The van der Waals surface area contributed by atoms with Gasteiger partial charge in [-0.3, -0.25) is 19.4 Å². The second-order valence-electron chi connectivity index (χ2n) is 8.13. The molecule has 1 unspecified atom stereocenters. The average Bonchev–Trinajstić information content (AvgIpc) is 3.18. The number of amides is 2. The molecular formula is C20H39N7O2. The van der Waals surface area contributed by atoms with Gasteiger partial charge in [0.15, 0.2) is 5.96 Å². The molecule has 0 aromatic rings. The lowest BCUT2D eigenvalue weighted by molar-refractivity contribution is -0.127. The van der Waals surface area contributed by atoms with Crippen LogP contribution in [0.1, 0.15) is 32.6 Å². The van der Waals surface area contributed by atoms with Crippen LogP contribution < -0.4 is 16.0 Å². The van der Waals surface area contributed by atoms with E-state index in [0.717, 1.165) is 45.6 Å². The summed E-state index contributed by atoms with van der Waals surface area (Å²) in [6.45, 7) is 7.61. The number of hydrogen-bond donors (Lipinski definition) is 3. The number of hydrogen-bond acceptors (Lipinski definition) is 5. The molecule has 0 aliphatic carbocycles. The van der Waals surface area contributed by atoms with Crippen molar-refractivity contribution in [1.29, 1.82) is 0 Å². The van der Waals surface area contributed by atoms with Gasteiger partial charge in [0.05, 0.1) is 6.54 Å². The molecule has 0 aromatic heterocycles. The van der Waals surface area contributed by atoms with Crippen molar-refractivity contribution in [3.63, 3.8) is 0 Å². The number of carbonyl (C=O) groups excluding carboxylic acids is 2. The van der Waals surface area contributed by atoms with Crippen LogP contribution in [0.4, 0.5) is 0 Å². The Morgan fingerprint density at radius 3 is 2.48 bits per heavy atom. The van der Waals surface area contributed by atoms with Crippen molar-refractivity contribution in [2.75, 3.05) is 67.0 Å². The van der Waals surface area contributed by atoms with Crippen molar-refractivity contribution in [2.24, 2.45) is 4.99 Å². The predicted octanol–water partition coefficient (Wildman–Crippen LogP) is -0.695. The fourth-order valence-electron chi connectivity index (χ4n) is 3.91. The summed E-state index contributed by atoms with van der Waals surface area (Å²) in [6.07, 6.45) is 4.33. The smallest absolute Gasteiger partial charge is 0.243 e. The number of carbonyl (C=O) groups is 2. The van der Waals surface area contributed by atoms with Crippen LogP contribution in [0.3, 0.4) is 0 Å². The molecule has 29 heavy (non-hydrogen) atoms. The maximum atomic E-state index is 12.0. The van der Waals surface area contributed by atoms with E-state index in [0.29, 0.717) is 24.6 Å². The lowest BCUT2D eigenvalue weighted by Crippen LogP contribution is -2.52. The van der Waals surface area contributed by atoms with E-state index in [1.165, 1.54) is 12.8 Å². The van der Waals surface area contributed by atoms with Gasteiger partial charge >= 0.3 is 0 Å². The molecule has 2 fully saturated rings. The summed E-state index contributed by atoms with van der Waals surface area (Å²) in [4.78, 5) is 34.3. The van der Waals surface area contributed by atoms with Crippen molar-refractivity contribution in [3.8, 4) is 0 Å². The van der Waals surface area contributed by atoms with Crippen LogP contribution in [0.2, 0.25) is 0 Å². The second kappa shape index (κ2) is 12.0. The van der Waals surface area contributed by atoms with Crippen molar-refractivity contribution < 1.29 is 9.59 Å². The number of likely N-dealkylation sites (N-methyl/N-ethyl adjacent to an activating group) is 3. The molecule has 0 bridgehead atoms. The third kappa shape index (κ3) is 7.81. The number of rotatable bonds is 8. The summed E-state index contributed by atoms with van der Waals surface area (Å²) < 4.78 is 0. The monoisotopic (exact) mass is 409 g/mol. The van der Waals surface area contributed by atoms with Gasteiger partial charge in [0.2, 0.25) is 11.8 Å². The quantitative estimate of drug-likeness (QED) is 0.363. The Morgan fingerprint density at radius 1 is 1.14 bits per heavy atom. The van der Waals surface area contributed by atoms with Gasteiger partial charge in [-0.15, -0.1) is 0 Å².